The van der Waals surface area contributed by atoms with E-state index in [0.717, 1.165) is 0 Å². The lowest BCUT2D eigenvalue weighted by molar-refractivity contribution is -0.147. The molecule has 0 radical (unpaired) electrons. The lowest BCUT2D eigenvalue weighted by Crippen LogP contribution is -2.57. The average molecular weight is 851 g/mol. The third kappa shape index (κ3) is 18.2. The van der Waals surface area contributed by atoms with Gasteiger partial charge in [0.25, 0.3) is 16.6 Å². The molecular weight excluding hydrogens is 773 g/mol. The summed E-state index contributed by atoms with van der Waals surface area (Å²) in [6.45, 7) is 38.2. The number of rotatable bonds is 20. The normalized spacial score (nSPS) is 14.9. The van der Waals surface area contributed by atoms with Crippen LogP contribution in [-0.2, 0) is 35.0 Å². The van der Waals surface area contributed by atoms with Crippen molar-refractivity contribution in [3.8, 4) is 11.5 Å². The minimum atomic E-state index is -2.37. The van der Waals surface area contributed by atoms with Crippen molar-refractivity contribution in [1.82, 2.24) is 16.0 Å². The quantitative estimate of drug-likeness (QED) is 0.0436. The number of hydrogen-bond acceptors (Lipinski definition) is 10. The van der Waals surface area contributed by atoms with E-state index >= 15 is 0 Å². The highest BCUT2D eigenvalue weighted by molar-refractivity contribution is 6.75. The van der Waals surface area contributed by atoms with Gasteiger partial charge in [-0.3, -0.25) is 9.59 Å². The van der Waals surface area contributed by atoms with E-state index in [1.807, 2.05) is 39.0 Å². The lowest BCUT2D eigenvalue weighted by atomic mass is 10.0. The van der Waals surface area contributed by atoms with Crippen molar-refractivity contribution < 1.29 is 42.2 Å². The monoisotopic (exact) mass is 851 g/mol. The Bertz CT molecular complexity index is 1540. The van der Waals surface area contributed by atoms with E-state index in [1.54, 1.807) is 27.7 Å². The first kappa shape index (κ1) is 52.6. The van der Waals surface area contributed by atoms with Gasteiger partial charge in [0.2, 0.25) is 11.8 Å². The van der Waals surface area contributed by atoms with E-state index in [9.17, 15) is 19.2 Å². The van der Waals surface area contributed by atoms with Crippen molar-refractivity contribution >= 4 is 40.5 Å². The average Bonchev–Trinajstić information content (AvgIpc) is 3.03. The first-order valence-electron chi connectivity index (χ1n) is 20.5. The van der Waals surface area contributed by atoms with E-state index in [1.165, 1.54) is 6.08 Å². The van der Waals surface area contributed by atoms with Crippen LogP contribution < -0.4 is 30.5 Å². The van der Waals surface area contributed by atoms with Crippen LogP contribution in [0.15, 0.2) is 30.9 Å². The molecule has 0 aliphatic carbocycles. The zero-order valence-corrected chi connectivity index (χ0v) is 40.8. The minimum Gasteiger partial charge on any atom is -0.541 e. The van der Waals surface area contributed by atoms with Crippen LogP contribution in [0.5, 0.6) is 11.5 Å². The molecule has 1 aromatic rings. The number of nitrogens with one attached hydrogen (secondary N) is 3. The maximum absolute atomic E-state index is 14.3. The Hall–Kier alpha value is -3.41. The lowest BCUT2D eigenvalue weighted by Gasteiger charge is -2.40. The Morgan fingerprint density at radius 3 is 1.81 bits per heavy atom. The van der Waals surface area contributed by atoms with Crippen molar-refractivity contribution in [2.24, 2.45) is 5.73 Å². The summed E-state index contributed by atoms with van der Waals surface area (Å²) in [6, 6.07) is 2.32. The number of esters is 1. The Kier molecular flexibility index (Phi) is 19.2. The number of benzene rings is 1. The van der Waals surface area contributed by atoms with Gasteiger partial charge in [0, 0.05) is 13.0 Å². The Balaban J connectivity index is 3.61. The summed E-state index contributed by atoms with van der Waals surface area (Å²) in [4.78, 5) is 53.4. The molecule has 1 rings (SSSR count). The molecule has 0 aliphatic rings. The van der Waals surface area contributed by atoms with Crippen molar-refractivity contribution in [3.05, 3.63) is 36.4 Å². The highest BCUT2D eigenvalue weighted by Gasteiger charge is 2.42. The first-order chi connectivity index (χ1) is 26.2. The smallest absolute Gasteiger partial charge is 0.407 e. The molecule has 3 amide bonds. The molecule has 0 saturated heterocycles. The van der Waals surface area contributed by atoms with Crippen LogP contribution in [-0.4, -0.2) is 89.1 Å². The number of carbonyl (C=O) groups excluding carboxylic acids is 4. The van der Waals surface area contributed by atoms with Gasteiger partial charge < -0.3 is 44.7 Å². The summed E-state index contributed by atoms with van der Waals surface area (Å²) in [5, 5.41) is 8.20. The third-order valence-corrected chi connectivity index (χ3v) is 19.0. The van der Waals surface area contributed by atoms with Gasteiger partial charge in [-0.15, -0.1) is 0 Å². The number of nitrogens with two attached hydrogens (primary N) is 1. The van der Waals surface area contributed by atoms with Gasteiger partial charge in [-0.2, -0.15) is 0 Å². The molecule has 0 fully saturated rings. The predicted octanol–water partition coefficient (Wildman–Crippen LogP) is 7.92. The summed E-state index contributed by atoms with van der Waals surface area (Å²) in [5.41, 5.74) is 5.89. The van der Waals surface area contributed by atoms with Gasteiger partial charge in [0.15, 0.2) is 0 Å². The molecule has 58 heavy (non-hydrogen) atoms. The molecule has 15 heteroatoms. The van der Waals surface area contributed by atoms with Crippen LogP contribution in [0, 0.1) is 0 Å². The van der Waals surface area contributed by atoms with Crippen LogP contribution in [0.2, 0.25) is 36.3 Å². The zero-order valence-electron chi connectivity index (χ0n) is 38.8. The van der Waals surface area contributed by atoms with Gasteiger partial charge in [-0.1, -0.05) is 60.3 Å². The Morgan fingerprint density at radius 2 is 1.31 bits per heavy atom. The highest BCUT2D eigenvalue weighted by atomic mass is 28.4. The van der Waals surface area contributed by atoms with Crippen LogP contribution in [0.4, 0.5) is 4.79 Å². The van der Waals surface area contributed by atoms with Gasteiger partial charge >= 0.3 is 12.1 Å². The number of hydrogen-bond donors (Lipinski definition) is 4. The SMILES string of the molecule is C=CCOC(=O)[C@H](CCCCNC(=O)OC(C)(C)C)NC(=O)[C@H](Cc1ccc(O[Si](C)(C)C(C)(C)C)c(O[Si](C)(C)C(C)(C)C)c1)NC(=O)[C@@H](N)[C@@H](C)OC(C)(C)C. The second-order valence-electron chi connectivity index (χ2n) is 20.1. The van der Waals surface area contributed by atoms with Crippen LogP contribution in [0.25, 0.3) is 0 Å². The molecule has 0 aliphatic heterocycles. The molecule has 0 aromatic heterocycles. The van der Waals surface area contributed by atoms with E-state index in [4.69, 9.17) is 28.8 Å². The molecule has 0 bridgehead atoms. The van der Waals surface area contributed by atoms with Crippen LogP contribution in [0.1, 0.15) is 115 Å². The molecule has 0 spiro atoms. The molecule has 1 aromatic carbocycles. The van der Waals surface area contributed by atoms with Gasteiger partial charge in [-0.05, 0) is 122 Å². The van der Waals surface area contributed by atoms with Crippen molar-refractivity contribution in [2.45, 2.75) is 187 Å². The summed E-state index contributed by atoms with van der Waals surface area (Å²) >= 11 is 0. The van der Waals surface area contributed by atoms with Crippen molar-refractivity contribution in [1.29, 1.82) is 0 Å². The standard InChI is InChI=1S/C43H78N4O9Si2/c1-19-26-52-38(50)31(22-20-21-25-45-39(51)54-41(6,7)8)46-36(48)32(47-37(49)35(44)29(2)53-40(3,4)5)27-30-23-24-33(55-57(15,16)42(9,10)11)34(28-30)56-58(17,18)43(12,13)14/h19,23-24,28-29,31-32,35H,1,20-22,25-27,44H2,2-18H3,(H,45,51)(H,46,48)(H,47,49)/t29-,31+,32+,35+/m1/s1. The van der Waals surface area contributed by atoms with Crippen LogP contribution in [0.3, 0.4) is 0 Å². The third-order valence-electron chi connectivity index (χ3n) is 10.3. The second-order valence-corrected chi connectivity index (χ2v) is 29.6. The fourth-order valence-corrected chi connectivity index (χ4v) is 7.04. The van der Waals surface area contributed by atoms with E-state index in [0.29, 0.717) is 36.4 Å². The summed E-state index contributed by atoms with van der Waals surface area (Å²) in [5.74, 6) is -0.641. The molecule has 4 atom stereocenters. The van der Waals surface area contributed by atoms with Crippen LogP contribution >= 0.6 is 0 Å². The first-order valence-corrected chi connectivity index (χ1v) is 26.3. The molecule has 13 nitrogen and oxygen atoms in total. The van der Waals surface area contributed by atoms with E-state index in [2.05, 4.69) is 90.3 Å². The number of amides is 3. The molecular formula is C43H78N4O9Si2. The van der Waals surface area contributed by atoms with Gasteiger partial charge in [-0.25, -0.2) is 9.59 Å². The molecule has 0 heterocycles. The summed E-state index contributed by atoms with van der Waals surface area (Å²) in [7, 11) is -4.66. The van der Waals surface area contributed by atoms with E-state index < -0.39 is 75.9 Å². The van der Waals surface area contributed by atoms with E-state index in [-0.39, 0.29) is 29.5 Å². The Labute approximate surface area is 351 Å². The number of ether oxygens (including phenoxy) is 3. The predicted molar refractivity (Wildman–Crippen MR) is 237 cm³/mol. The summed E-state index contributed by atoms with van der Waals surface area (Å²) < 4.78 is 30.3. The Morgan fingerprint density at radius 1 is 0.776 bits per heavy atom. The fourth-order valence-electron chi connectivity index (χ4n) is 5.00. The number of carbonyl (C=O) groups is 4. The fraction of sp³-hybridized carbons (Fsp3) is 0.721. The largest absolute Gasteiger partial charge is 0.541 e. The van der Waals surface area contributed by atoms with Crippen molar-refractivity contribution in [2.75, 3.05) is 13.2 Å². The zero-order chi connectivity index (χ0) is 45.1. The summed E-state index contributed by atoms with van der Waals surface area (Å²) in [6.07, 6.45) is 1.43. The maximum Gasteiger partial charge on any atom is 0.407 e. The molecule has 5 N–H and O–H groups in total. The number of alkyl carbamates (subject to hydrolysis) is 1. The highest BCUT2D eigenvalue weighted by Crippen LogP contribution is 2.44. The second kappa shape index (κ2) is 21.2. The topological polar surface area (TPSA) is 177 Å². The molecule has 332 valence electrons. The van der Waals surface area contributed by atoms with Gasteiger partial charge in [0.05, 0.1) is 11.7 Å². The number of unbranched alkanes of at least 4 members (excludes halogenated alkanes) is 1. The van der Waals surface area contributed by atoms with Crippen molar-refractivity contribution in [3.63, 3.8) is 0 Å². The molecule has 0 saturated carbocycles. The maximum atomic E-state index is 14.3. The van der Waals surface area contributed by atoms with Gasteiger partial charge in [0.1, 0.15) is 41.8 Å². The minimum absolute atomic E-state index is 0.0429. The molecule has 0 unspecified atom stereocenters.